The summed E-state index contributed by atoms with van der Waals surface area (Å²) in [6.07, 6.45) is 5.79. The van der Waals surface area contributed by atoms with Crippen LogP contribution in [0.2, 0.25) is 0 Å². The number of ether oxygens (including phenoxy) is 1. The minimum atomic E-state index is -0.200. The molecule has 1 aliphatic rings. The van der Waals surface area contributed by atoms with Crippen LogP contribution in [0, 0.1) is 11.3 Å². The van der Waals surface area contributed by atoms with Crippen LogP contribution in [-0.4, -0.2) is 12.1 Å². The zero-order valence-electron chi connectivity index (χ0n) is 12.1. The van der Waals surface area contributed by atoms with E-state index in [1.54, 1.807) is 18.4 Å². The first kappa shape index (κ1) is 14.2. The molecular weight excluding hydrogens is 280 g/mol. The van der Waals surface area contributed by atoms with Gasteiger partial charge < -0.3 is 4.74 Å². The molecule has 1 heterocycles. The minimum absolute atomic E-state index is 0.200. The van der Waals surface area contributed by atoms with Crippen molar-refractivity contribution < 1.29 is 4.74 Å². The van der Waals surface area contributed by atoms with Gasteiger partial charge in [-0.1, -0.05) is 31.4 Å². The quantitative estimate of drug-likeness (QED) is 0.838. The number of rotatable bonds is 3. The van der Waals surface area contributed by atoms with Gasteiger partial charge in [0.15, 0.2) is 0 Å². The van der Waals surface area contributed by atoms with Gasteiger partial charge in [-0.3, -0.25) is 0 Å². The molecule has 0 aliphatic heterocycles. The largest absolute Gasteiger partial charge is 0.371 e. The summed E-state index contributed by atoms with van der Waals surface area (Å²) in [6, 6.07) is 9.78. The van der Waals surface area contributed by atoms with Crippen LogP contribution >= 0.6 is 11.3 Å². The van der Waals surface area contributed by atoms with Gasteiger partial charge >= 0.3 is 0 Å². The molecule has 4 heteroatoms. The van der Waals surface area contributed by atoms with Gasteiger partial charge in [0.2, 0.25) is 0 Å². The predicted octanol–water partition coefficient (Wildman–Crippen LogP) is 4.49. The lowest BCUT2D eigenvalue weighted by atomic mass is 9.85. The van der Waals surface area contributed by atoms with Crippen molar-refractivity contribution in [2.24, 2.45) is 0 Å². The van der Waals surface area contributed by atoms with E-state index in [-0.39, 0.29) is 5.60 Å². The maximum absolute atomic E-state index is 9.01. The number of hydrogen-bond acceptors (Lipinski definition) is 4. The smallest absolute Gasteiger partial charge is 0.125 e. The Balaban J connectivity index is 1.94. The van der Waals surface area contributed by atoms with E-state index in [0.717, 1.165) is 29.1 Å². The molecule has 1 saturated carbocycles. The molecule has 1 aliphatic carbocycles. The molecule has 0 N–H and O–H groups in total. The second-order valence-electron chi connectivity index (χ2n) is 5.49. The lowest BCUT2D eigenvalue weighted by Crippen LogP contribution is -2.30. The van der Waals surface area contributed by atoms with Gasteiger partial charge in [-0.15, -0.1) is 11.3 Å². The van der Waals surface area contributed by atoms with Crippen LogP contribution in [0.5, 0.6) is 0 Å². The molecular formula is C17H18N2OS. The highest BCUT2D eigenvalue weighted by molar-refractivity contribution is 7.10. The summed E-state index contributed by atoms with van der Waals surface area (Å²) in [7, 11) is 1.79. The number of benzene rings is 1. The van der Waals surface area contributed by atoms with Gasteiger partial charge in [0.25, 0.3) is 0 Å². The van der Waals surface area contributed by atoms with E-state index >= 15 is 0 Å². The normalized spacial score (nSPS) is 17.3. The average Bonchev–Trinajstić information content (AvgIpc) is 3.06. The molecule has 108 valence electrons. The second-order valence-corrected chi connectivity index (χ2v) is 6.35. The van der Waals surface area contributed by atoms with Crippen molar-refractivity contribution in [3.63, 3.8) is 0 Å². The van der Waals surface area contributed by atoms with E-state index in [1.807, 2.05) is 24.3 Å². The number of nitriles is 1. The second kappa shape index (κ2) is 5.97. The van der Waals surface area contributed by atoms with E-state index in [2.05, 4.69) is 11.4 Å². The first-order valence-corrected chi connectivity index (χ1v) is 8.17. The lowest BCUT2D eigenvalue weighted by molar-refractivity contribution is -0.0445. The molecule has 1 aromatic carbocycles. The van der Waals surface area contributed by atoms with Crippen molar-refractivity contribution in [3.05, 3.63) is 40.2 Å². The summed E-state index contributed by atoms with van der Waals surface area (Å²) >= 11 is 1.67. The molecule has 3 nitrogen and oxygen atoms in total. The van der Waals surface area contributed by atoms with Gasteiger partial charge in [-0.05, 0) is 25.0 Å². The maximum Gasteiger partial charge on any atom is 0.125 e. The van der Waals surface area contributed by atoms with Crippen molar-refractivity contribution in [1.29, 1.82) is 5.26 Å². The Kier molecular flexibility index (Phi) is 4.05. The van der Waals surface area contributed by atoms with Crippen LogP contribution in [0.1, 0.15) is 42.7 Å². The molecule has 0 amide bonds. The van der Waals surface area contributed by atoms with Crippen LogP contribution in [0.3, 0.4) is 0 Å². The zero-order chi connectivity index (χ0) is 14.7. The van der Waals surface area contributed by atoms with Crippen LogP contribution in [0.25, 0.3) is 11.3 Å². The third-order valence-corrected chi connectivity index (χ3v) is 5.26. The SMILES string of the molecule is COC1(c2nc(-c3cccc(C#N)c3)cs2)CCCCC1. The third-order valence-electron chi connectivity index (χ3n) is 4.23. The topological polar surface area (TPSA) is 45.9 Å². The highest BCUT2D eigenvalue weighted by Gasteiger charge is 2.36. The maximum atomic E-state index is 9.01. The van der Waals surface area contributed by atoms with Gasteiger partial charge in [-0.2, -0.15) is 5.26 Å². The summed E-state index contributed by atoms with van der Waals surface area (Å²) in [5.41, 5.74) is 2.41. The molecule has 0 unspecified atom stereocenters. The predicted molar refractivity (Wildman–Crippen MR) is 84.0 cm³/mol. The first-order chi connectivity index (χ1) is 10.3. The van der Waals surface area contributed by atoms with Gasteiger partial charge in [0, 0.05) is 18.1 Å². The molecule has 0 bridgehead atoms. The Hall–Kier alpha value is -1.70. The monoisotopic (exact) mass is 298 g/mol. The summed E-state index contributed by atoms with van der Waals surface area (Å²) < 4.78 is 5.85. The summed E-state index contributed by atoms with van der Waals surface area (Å²) in [5, 5.41) is 12.2. The molecule has 3 rings (SSSR count). The number of methoxy groups -OCH3 is 1. The van der Waals surface area contributed by atoms with Crippen molar-refractivity contribution in [2.45, 2.75) is 37.7 Å². The number of nitrogens with zero attached hydrogens (tertiary/aromatic N) is 2. The fourth-order valence-corrected chi connectivity index (χ4v) is 4.06. The van der Waals surface area contributed by atoms with Crippen LogP contribution in [0.4, 0.5) is 0 Å². The van der Waals surface area contributed by atoms with E-state index in [0.29, 0.717) is 5.56 Å². The molecule has 0 atom stereocenters. The van der Waals surface area contributed by atoms with Gasteiger partial charge in [0.1, 0.15) is 10.6 Å². The Morgan fingerprint density at radius 2 is 2.10 bits per heavy atom. The summed E-state index contributed by atoms with van der Waals surface area (Å²) in [4.78, 5) is 4.81. The lowest BCUT2D eigenvalue weighted by Gasteiger charge is -2.34. The first-order valence-electron chi connectivity index (χ1n) is 7.29. The molecule has 0 spiro atoms. The van der Waals surface area contributed by atoms with Crippen molar-refractivity contribution in [3.8, 4) is 17.3 Å². The standard InChI is InChI=1S/C17H18N2OS/c1-20-17(8-3-2-4-9-17)16-19-15(12-21-16)14-7-5-6-13(10-14)11-18/h5-7,10,12H,2-4,8-9H2,1H3. The fraction of sp³-hybridized carbons (Fsp3) is 0.412. The van der Waals surface area contributed by atoms with E-state index in [4.69, 9.17) is 15.0 Å². The van der Waals surface area contributed by atoms with Crippen molar-refractivity contribution in [2.75, 3.05) is 7.11 Å². The van der Waals surface area contributed by atoms with Crippen LogP contribution in [0.15, 0.2) is 29.6 Å². The zero-order valence-corrected chi connectivity index (χ0v) is 12.9. The van der Waals surface area contributed by atoms with E-state index in [9.17, 15) is 0 Å². The Labute approximate surface area is 129 Å². The molecule has 1 aromatic heterocycles. The average molecular weight is 298 g/mol. The van der Waals surface area contributed by atoms with E-state index < -0.39 is 0 Å². The molecule has 0 saturated heterocycles. The molecule has 21 heavy (non-hydrogen) atoms. The number of aromatic nitrogens is 1. The van der Waals surface area contributed by atoms with Gasteiger partial charge in [0.05, 0.1) is 17.3 Å². The van der Waals surface area contributed by atoms with Crippen LogP contribution < -0.4 is 0 Å². The summed E-state index contributed by atoms with van der Waals surface area (Å²) in [5.74, 6) is 0. The molecule has 1 fully saturated rings. The molecule has 0 radical (unpaired) electrons. The number of thiazole rings is 1. The molecule has 2 aromatic rings. The van der Waals surface area contributed by atoms with Crippen molar-refractivity contribution >= 4 is 11.3 Å². The third kappa shape index (κ3) is 2.72. The highest BCUT2D eigenvalue weighted by atomic mass is 32.1. The van der Waals surface area contributed by atoms with E-state index in [1.165, 1.54) is 19.3 Å². The Bertz CT molecular complexity index is 665. The Morgan fingerprint density at radius 3 is 2.81 bits per heavy atom. The van der Waals surface area contributed by atoms with Crippen LogP contribution in [-0.2, 0) is 10.3 Å². The van der Waals surface area contributed by atoms with Crippen molar-refractivity contribution in [1.82, 2.24) is 4.98 Å². The Morgan fingerprint density at radius 1 is 1.29 bits per heavy atom. The summed E-state index contributed by atoms with van der Waals surface area (Å²) in [6.45, 7) is 0. The van der Waals surface area contributed by atoms with Gasteiger partial charge in [-0.25, -0.2) is 4.98 Å². The number of hydrogen-bond donors (Lipinski definition) is 0. The fourth-order valence-electron chi connectivity index (χ4n) is 2.99. The minimum Gasteiger partial charge on any atom is -0.371 e. The highest BCUT2D eigenvalue weighted by Crippen LogP contribution is 2.42.